The first-order valence-corrected chi connectivity index (χ1v) is 6.02. The van der Waals surface area contributed by atoms with Crippen molar-refractivity contribution in [3.05, 3.63) is 42.0 Å². The maximum absolute atomic E-state index is 11.2. The number of nitrogens with zero attached hydrogens (tertiary/aromatic N) is 1. The molecule has 0 aromatic heterocycles. The first-order chi connectivity index (χ1) is 8.27. The molecule has 1 fully saturated rings. The first kappa shape index (κ1) is 11.9. The van der Waals surface area contributed by atoms with Crippen molar-refractivity contribution in [2.45, 2.75) is 18.9 Å². The van der Waals surface area contributed by atoms with E-state index in [1.165, 1.54) is 5.56 Å². The zero-order valence-electron chi connectivity index (χ0n) is 9.88. The van der Waals surface area contributed by atoms with Crippen LogP contribution in [-0.2, 0) is 4.79 Å². The number of carbonyl (C=O) groups is 1. The lowest BCUT2D eigenvalue weighted by Gasteiger charge is -2.19. The fraction of sp³-hybridized carbons (Fsp3) is 0.357. The lowest BCUT2D eigenvalue weighted by atomic mass is 10.2. The van der Waals surface area contributed by atoms with Crippen LogP contribution in [0.5, 0.6) is 0 Å². The van der Waals surface area contributed by atoms with Gasteiger partial charge in [0.25, 0.3) is 0 Å². The Morgan fingerprint density at radius 3 is 2.88 bits per heavy atom. The topological polar surface area (TPSA) is 46.3 Å². The molecule has 1 heterocycles. The van der Waals surface area contributed by atoms with Gasteiger partial charge in [-0.1, -0.05) is 42.5 Å². The highest BCUT2D eigenvalue weighted by molar-refractivity contribution is 5.80. The first-order valence-electron chi connectivity index (χ1n) is 6.02. The Kier molecular flexibility index (Phi) is 3.94. The summed E-state index contributed by atoms with van der Waals surface area (Å²) in [5.41, 5.74) is 6.55. The van der Waals surface area contributed by atoms with Gasteiger partial charge < -0.3 is 5.73 Å². The van der Waals surface area contributed by atoms with Crippen LogP contribution in [0.25, 0.3) is 6.08 Å². The van der Waals surface area contributed by atoms with Gasteiger partial charge in [-0.15, -0.1) is 0 Å². The summed E-state index contributed by atoms with van der Waals surface area (Å²) in [5, 5.41) is 0. The van der Waals surface area contributed by atoms with E-state index in [2.05, 4.69) is 29.2 Å². The molecule has 90 valence electrons. The highest BCUT2D eigenvalue weighted by atomic mass is 16.1. The van der Waals surface area contributed by atoms with E-state index in [4.69, 9.17) is 5.73 Å². The Hall–Kier alpha value is -1.61. The third-order valence-electron chi connectivity index (χ3n) is 3.14. The minimum Gasteiger partial charge on any atom is -0.368 e. The highest BCUT2D eigenvalue weighted by Crippen LogP contribution is 2.16. The normalized spacial score (nSPS) is 21.1. The summed E-state index contributed by atoms with van der Waals surface area (Å²) in [7, 11) is 0. The average Bonchev–Trinajstić information content (AvgIpc) is 2.79. The molecule has 0 spiro atoms. The van der Waals surface area contributed by atoms with Crippen LogP contribution in [0.1, 0.15) is 18.4 Å². The Morgan fingerprint density at radius 1 is 1.41 bits per heavy atom. The maximum Gasteiger partial charge on any atom is 0.234 e. The second-order valence-electron chi connectivity index (χ2n) is 4.37. The molecule has 1 saturated heterocycles. The van der Waals surface area contributed by atoms with Crippen molar-refractivity contribution in [3.8, 4) is 0 Å². The van der Waals surface area contributed by atoms with Crippen LogP contribution in [0, 0.1) is 0 Å². The van der Waals surface area contributed by atoms with Gasteiger partial charge in [0.2, 0.25) is 5.91 Å². The molecule has 0 bridgehead atoms. The van der Waals surface area contributed by atoms with E-state index < -0.39 is 0 Å². The monoisotopic (exact) mass is 230 g/mol. The summed E-state index contributed by atoms with van der Waals surface area (Å²) in [5.74, 6) is -0.199. The van der Waals surface area contributed by atoms with Gasteiger partial charge >= 0.3 is 0 Å². The van der Waals surface area contributed by atoms with Gasteiger partial charge in [0, 0.05) is 6.54 Å². The molecule has 0 saturated carbocycles. The van der Waals surface area contributed by atoms with Crippen molar-refractivity contribution in [2.75, 3.05) is 13.1 Å². The lowest BCUT2D eigenvalue weighted by Crippen LogP contribution is -2.40. The quantitative estimate of drug-likeness (QED) is 0.855. The number of hydrogen-bond donors (Lipinski definition) is 1. The predicted octanol–water partition coefficient (Wildman–Crippen LogP) is 1.65. The molecular formula is C14H18N2O. The Labute approximate surface area is 102 Å². The van der Waals surface area contributed by atoms with Crippen molar-refractivity contribution < 1.29 is 4.79 Å². The molecule has 3 heteroatoms. The second kappa shape index (κ2) is 5.64. The van der Waals surface area contributed by atoms with Crippen molar-refractivity contribution in [1.82, 2.24) is 4.90 Å². The SMILES string of the molecule is NC(=O)[C@@H]1CCCN1CC=Cc1ccccc1. The van der Waals surface area contributed by atoms with E-state index in [1.54, 1.807) is 0 Å². The molecular weight excluding hydrogens is 212 g/mol. The molecule has 1 aromatic rings. The Morgan fingerprint density at radius 2 is 2.18 bits per heavy atom. The third kappa shape index (κ3) is 3.17. The van der Waals surface area contributed by atoms with Crippen LogP contribution in [-0.4, -0.2) is 29.9 Å². The molecule has 0 aliphatic carbocycles. The molecule has 2 rings (SSSR count). The largest absolute Gasteiger partial charge is 0.368 e. The zero-order valence-corrected chi connectivity index (χ0v) is 9.88. The Balaban J connectivity index is 1.90. The number of primary amides is 1. The predicted molar refractivity (Wildman–Crippen MR) is 69.3 cm³/mol. The summed E-state index contributed by atoms with van der Waals surface area (Å²) in [4.78, 5) is 13.3. The molecule has 0 radical (unpaired) electrons. The number of nitrogens with two attached hydrogens (primary N) is 1. The molecule has 0 unspecified atom stereocenters. The molecule has 2 N–H and O–H groups in total. The van der Waals surface area contributed by atoms with E-state index >= 15 is 0 Å². The summed E-state index contributed by atoms with van der Waals surface area (Å²) in [6.07, 6.45) is 6.13. The van der Waals surface area contributed by atoms with Gasteiger partial charge in [-0.3, -0.25) is 9.69 Å². The smallest absolute Gasteiger partial charge is 0.234 e. The van der Waals surface area contributed by atoms with Gasteiger partial charge in [0.15, 0.2) is 0 Å². The molecule has 3 nitrogen and oxygen atoms in total. The fourth-order valence-electron chi connectivity index (χ4n) is 2.26. The van der Waals surface area contributed by atoms with Crippen LogP contribution < -0.4 is 5.73 Å². The lowest BCUT2D eigenvalue weighted by molar-refractivity contribution is -0.122. The molecule has 1 amide bonds. The zero-order chi connectivity index (χ0) is 12.1. The van der Waals surface area contributed by atoms with Crippen LogP contribution in [0.4, 0.5) is 0 Å². The van der Waals surface area contributed by atoms with Gasteiger partial charge in [0.1, 0.15) is 0 Å². The number of rotatable bonds is 4. The van der Waals surface area contributed by atoms with E-state index in [-0.39, 0.29) is 11.9 Å². The van der Waals surface area contributed by atoms with Gasteiger partial charge in [-0.2, -0.15) is 0 Å². The van der Waals surface area contributed by atoms with Crippen LogP contribution >= 0.6 is 0 Å². The molecule has 1 aliphatic heterocycles. The number of likely N-dealkylation sites (tertiary alicyclic amines) is 1. The minimum atomic E-state index is -0.199. The number of hydrogen-bond acceptors (Lipinski definition) is 2. The van der Waals surface area contributed by atoms with Gasteiger partial charge in [-0.25, -0.2) is 0 Å². The van der Waals surface area contributed by atoms with Gasteiger partial charge in [-0.05, 0) is 24.9 Å². The number of benzene rings is 1. The summed E-state index contributed by atoms with van der Waals surface area (Å²) < 4.78 is 0. The van der Waals surface area contributed by atoms with Crippen molar-refractivity contribution in [3.63, 3.8) is 0 Å². The van der Waals surface area contributed by atoms with Crippen molar-refractivity contribution >= 4 is 12.0 Å². The van der Waals surface area contributed by atoms with Crippen LogP contribution in [0.15, 0.2) is 36.4 Å². The molecule has 17 heavy (non-hydrogen) atoms. The second-order valence-corrected chi connectivity index (χ2v) is 4.37. The average molecular weight is 230 g/mol. The molecule has 1 aromatic carbocycles. The number of amides is 1. The highest BCUT2D eigenvalue weighted by Gasteiger charge is 2.27. The summed E-state index contributed by atoms with van der Waals surface area (Å²) >= 11 is 0. The van der Waals surface area contributed by atoms with E-state index in [0.717, 1.165) is 25.9 Å². The van der Waals surface area contributed by atoms with Crippen molar-refractivity contribution in [1.29, 1.82) is 0 Å². The third-order valence-corrected chi connectivity index (χ3v) is 3.14. The van der Waals surface area contributed by atoms with E-state index in [0.29, 0.717) is 0 Å². The van der Waals surface area contributed by atoms with Crippen molar-refractivity contribution in [2.24, 2.45) is 5.73 Å². The Bertz CT molecular complexity index is 400. The van der Waals surface area contributed by atoms with E-state index in [1.807, 2.05) is 18.2 Å². The van der Waals surface area contributed by atoms with Crippen LogP contribution in [0.3, 0.4) is 0 Å². The van der Waals surface area contributed by atoms with E-state index in [9.17, 15) is 4.79 Å². The molecule has 1 aliphatic rings. The van der Waals surface area contributed by atoms with Crippen LogP contribution in [0.2, 0.25) is 0 Å². The number of carbonyl (C=O) groups excluding carboxylic acids is 1. The van der Waals surface area contributed by atoms with Gasteiger partial charge in [0.05, 0.1) is 6.04 Å². The summed E-state index contributed by atoms with van der Waals surface area (Å²) in [6, 6.07) is 10.1. The molecule has 1 atom stereocenters. The fourth-order valence-corrected chi connectivity index (χ4v) is 2.26. The summed E-state index contributed by atoms with van der Waals surface area (Å²) in [6.45, 7) is 1.76. The maximum atomic E-state index is 11.2. The standard InChI is InChI=1S/C14H18N2O/c15-14(17)13-9-5-11-16(13)10-4-8-12-6-2-1-3-7-12/h1-4,6-8,13H,5,9-11H2,(H2,15,17)/t13-/m0/s1. The minimum absolute atomic E-state index is 0.0737.